The Kier molecular flexibility index (Phi) is 8.02. The van der Waals surface area contributed by atoms with Gasteiger partial charge in [-0.1, -0.05) is 19.1 Å². The Hall–Kier alpha value is -1.63. The lowest BCUT2D eigenvalue weighted by molar-refractivity contribution is 0.0921. The summed E-state index contributed by atoms with van der Waals surface area (Å²) in [6.07, 6.45) is 0.734. The molecule has 0 aliphatic rings. The van der Waals surface area contributed by atoms with Crippen LogP contribution in [-0.4, -0.2) is 23.5 Å². The van der Waals surface area contributed by atoms with Gasteiger partial charge in [0.1, 0.15) is 22.6 Å². The minimum Gasteiger partial charge on any atom is -0.489 e. The molecule has 0 saturated heterocycles. The van der Waals surface area contributed by atoms with Gasteiger partial charge in [0.05, 0.1) is 6.54 Å². The number of ether oxygens (including phenoxy) is 1. The smallest absolute Gasteiger partial charge is 0.270 e. The van der Waals surface area contributed by atoms with Crippen molar-refractivity contribution >= 4 is 29.7 Å². The largest absolute Gasteiger partial charge is 0.489 e. The molecular formula is C16H22ClN3O2S. The molecule has 7 heteroatoms. The number of rotatable bonds is 7. The van der Waals surface area contributed by atoms with E-state index in [1.165, 1.54) is 11.3 Å². The third kappa shape index (κ3) is 5.82. The van der Waals surface area contributed by atoms with Gasteiger partial charge in [-0.15, -0.1) is 23.7 Å². The highest BCUT2D eigenvalue weighted by molar-refractivity contribution is 7.09. The molecule has 23 heavy (non-hydrogen) atoms. The molecule has 126 valence electrons. The third-order valence-electron chi connectivity index (χ3n) is 3.20. The molecule has 0 bridgehead atoms. The molecule has 0 radical (unpaired) electrons. The second-order valence-electron chi connectivity index (χ2n) is 5.01. The molecule has 1 amide bonds. The van der Waals surface area contributed by atoms with E-state index in [0.717, 1.165) is 22.7 Å². The second-order valence-corrected chi connectivity index (χ2v) is 5.95. The van der Waals surface area contributed by atoms with Gasteiger partial charge in [-0.3, -0.25) is 4.79 Å². The fraction of sp³-hybridized carbons (Fsp3) is 0.375. The van der Waals surface area contributed by atoms with E-state index in [1.54, 1.807) is 5.38 Å². The summed E-state index contributed by atoms with van der Waals surface area (Å²) >= 11 is 1.39. The highest BCUT2D eigenvalue weighted by atomic mass is 35.5. The number of nitrogens with one attached hydrogen (secondary N) is 1. The monoisotopic (exact) mass is 355 g/mol. The van der Waals surface area contributed by atoms with E-state index in [4.69, 9.17) is 10.5 Å². The van der Waals surface area contributed by atoms with Crippen LogP contribution in [0.5, 0.6) is 5.75 Å². The third-order valence-corrected chi connectivity index (χ3v) is 4.07. The van der Waals surface area contributed by atoms with Crippen molar-refractivity contribution in [3.8, 4) is 5.75 Å². The van der Waals surface area contributed by atoms with Crippen molar-refractivity contribution in [2.75, 3.05) is 6.54 Å². The lowest BCUT2D eigenvalue weighted by Gasteiger charge is -2.18. The predicted molar refractivity (Wildman–Crippen MR) is 95.5 cm³/mol. The first-order chi connectivity index (χ1) is 10.6. The van der Waals surface area contributed by atoms with Crippen LogP contribution in [0.1, 0.15) is 34.4 Å². The van der Waals surface area contributed by atoms with E-state index in [0.29, 0.717) is 18.8 Å². The number of aromatic nitrogens is 1. The van der Waals surface area contributed by atoms with Crippen molar-refractivity contribution < 1.29 is 9.53 Å². The van der Waals surface area contributed by atoms with Gasteiger partial charge in [0.2, 0.25) is 0 Å². The molecule has 1 aromatic carbocycles. The summed E-state index contributed by atoms with van der Waals surface area (Å²) in [5.41, 5.74) is 7.06. The molecule has 0 saturated carbocycles. The maximum absolute atomic E-state index is 12.0. The van der Waals surface area contributed by atoms with Gasteiger partial charge in [0.25, 0.3) is 5.91 Å². The topological polar surface area (TPSA) is 77.2 Å². The summed E-state index contributed by atoms with van der Waals surface area (Å²) in [7, 11) is 0. The maximum atomic E-state index is 12.0. The number of amides is 1. The standard InChI is InChI=1S/C16H21N3O2S.ClH/c1-3-12(21-13-6-4-5-11(2)7-13)9-18-16(20)14-10-22-15(8-17)19-14;/h4-7,10,12H,3,8-9,17H2,1-2H3,(H,18,20);1H. The first kappa shape index (κ1) is 19.4. The Balaban J connectivity index is 0.00000264. The molecule has 1 heterocycles. The molecule has 2 rings (SSSR count). The average molecular weight is 356 g/mol. The number of aryl methyl sites for hydroxylation is 1. The first-order valence-electron chi connectivity index (χ1n) is 7.28. The molecular weight excluding hydrogens is 334 g/mol. The molecule has 0 spiro atoms. The van der Waals surface area contributed by atoms with E-state index < -0.39 is 0 Å². The molecule has 1 atom stereocenters. The molecule has 0 fully saturated rings. The highest BCUT2D eigenvalue weighted by Crippen LogP contribution is 2.15. The van der Waals surface area contributed by atoms with Crippen LogP contribution >= 0.6 is 23.7 Å². The summed E-state index contributed by atoms with van der Waals surface area (Å²) in [6, 6.07) is 7.89. The molecule has 0 aliphatic heterocycles. The van der Waals surface area contributed by atoms with Gasteiger partial charge in [-0.05, 0) is 31.0 Å². The summed E-state index contributed by atoms with van der Waals surface area (Å²) in [5.74, 6) is 0.627. The fourth-order valence-electron chi connectivity index (χ4n) is 1.96. The Morgan fingerprint density at radius 3 is 2.87 bits per heavy atom. The Morgan fingerprint density at radius 1 is 1.48 bits per heavy atom. The number of benzene rings is 1. The fourth-order valence-corrected chi connectivity index (χ4v) is 2.61. The van der Waals surface area contributed by atoms with Crippen molar-refractivity contribution in [2.24, 2.45) is 5.73 Å². The Bertz CT molecular complexity index is 633. The lowest BCUT2D eigenvalue weighted by atomic mass is 10.2. The van der Waals surface area contributed by atoms with E-state index in [9.17, 15) is 4.79 Å². The van der Waals surface area contributed by atoms with E-state index in [1.807, 2.05) is 38.1 Å². The summed E-state index contributed by atoms with van der Waals surface area (Å²) in [4.78, 5) is 16.2. The van der Waals surface area contributed by atoms with Crippen molar-refractivity contribution in [3.63, 3.8) is 0 Å². The number of hydrogen-bond acceptors (Lipinski definition) is 5. The Labute approximate surface area is 146 Å². The van der Waals surface area contributed by atoms with Crippen LogP contribution < -0.4 is 15.8 Å². The summed E-state index contributed by atoms with van der Waals surface area (Å²) in [6.45, 7) is 4.85. The number of carbonyl (C=O) groups is 1. The van der Waals surface area contributed by atoms with Crippen LogP contribution in [0, 0.1) is 6.92 Å². The van der Waals surface area contributed by atoms with Gasteiger partial charge >= 0.3 is 0 Å². The lowest BCUT2D eigenvalue weighted by Crippen LogP contribution is -2.35. The van der Waals surface area contributed by atoms with Crippen LogP contribution in [0.2, 0.25) is 0 Å². The first-order valence-corrected chi connectivity index (χ1v) is 8.16. The van der Waals surface area contributed by atoms with Crippen LogP contribution in [0.25, 0.3) is 0 Å². The van der Waals surface area contributed by atoms with Crippen molar-refractivity contribution in [1.82, 2.24) is 10.3 Å². The Morgan fingerprint density at radius 2 is 2.26 bits per heavy atom. The van der Waals surface area contributed by atoms with Crippen molar-refractivity contribution in [1.29, 1.82) is 0 Å². The SMILES string of the molecule is CCC(CNC(=O)c1csc(CN)n1)Oc1cccc(C)c1.Cl. The average Bonchev–Trinajstić information content (AvgIpc) is 3.00. The van der Waals surface area contributed by atoms with E-state index >= 15 is 0 Å². The zero-order chi connectivity index (χ0) is 15.9. The zero-order valence-electron chi connectivity index (χ0n) is 13.2. The molecule has 3 N–H and O–H groups in total. The van der Waals surface area contributed by atoms with Gasteiger partial charge < -0.3 is 15.8 Å². The predicted octanol–water partition coefficient (Wildman–Crippen LogP) is 2.92. The van der Waals surface area contributed by atoms with Gasteiger partial charge in [-0.25, -0.2) is 4.98 Å². The quantitative estimate of drug-likeness (QED) is 0.800. The maximum Gasteiger partial charge on any atom is 0.270 e. The van der Waals surface area contributed by atoms with Crippen LogP contribution in [0.3, 0.4) is 0 Å². The minimum absolute atomic E-state index is 0. The molecule has 2 aromatic rings. The van der Waals surface area contributed by atoms with Crippen LogP contribution in [0.4, 0.5) is 0 Å². The number of nitrogens with zero attached hydrogens (tertiary/aromatic N) is 1. The van der Waals surface area contributed by atoms with E-state index in [-0.39, 0.29) is 24.4 Å². The van der Waals surface area contributed by atoms with Gasteiger partial charge in [-0.2, -0.15) is 0 Å². The van der Waals surface area contributed by atoms with Crippen molar-refractivity contribution in [3.05, 3.63) is 45.9 Å². The number of carbonyl (C=O) groups excluding carboxylic acids is 1. The number of hydrogen-bond donors (Lipinski definition) is 2. The number of nitrogens with two attached hydrogens (primary N) is 1. The summed E-state index contributed by atoms with van der Waals surface area (Å²) < 4.78 is 5.90. The zero-order valence-corrected chi connectivity index (χ0v) is 14.9. The molecule has 1 unspecified atom stereocenters. The highest BCUT2D eigenvalue weighted by Gasteiger charge is 2.14. The number of halogens is 1. The van der Waals surface area contributed by atoms with E-state index in [2.05, 4.69) is 10.3 Å². The molecule has 1 aromatic heterocycles. The summed E-state index contributed by atoms with van der Waals surface area (Å²) in [5, 5.41) is 5.34. The van der Waals surface area contributed by atoms with Crippen molar-refractivity contribution in [2.45, 2.75) is 32.9 Å². The number of thiazole rings is 1. The molecule has 5 nitrogen and oxygen atoms in total. The van der Waals surface area contributed by atoms with Crippen LogP contribution in [0.15, 0.2) is 29.6 Å². The van der Waals surface area contributed by atoms with Gasteiger partial charge in [0.15, 0.2) is 0 Å². The van der Waals surface area contributed by atoms with Gasteiger partial charge in [0, 0.05) is 11.9 Å². The second kappa shape index (κ2) is 9.50. The normalized spacial score (nSPS) is 11.4. The minimum atomic E-state index is -0.192. The van der Waals surface area contributed by atoms with Crippen LogP contribution in [-0.2, 0) is 6.54 Å². The molecule has 0 aliphatic carbocycles.